The minimum Gasteiger partial charge on any atom is -0.390 e. The second-order valence-electron chi connectivity index (χ2n) is 9.30. The van der Waals surface area contributed by atoms with E-state index < -0.39 is 17.6 Å². The van der Waals surface area contributed by atoms with Crippen molar-refractivity contribution in [2.75, 3.05) is 12.3 Å². The third kappa shape index (κ3) is 3.18. The predicted molar refractivity (Wildman–Crippen MR) is 128 cm³/mol. The molecule has 8 nitrogen and oxygen atoms in total. The Labute approximate surface area is 198 Å². The van der Waals surface area contributed by atoms with Crippen LogP contribution in [0.4, 0.5) is 5.82 Å². The van der Waals surface area contributed by atoms with Crippen molar-refractivity contribution in [2.24, 2.45) is 5.41 Å². The third-order valence-electron chi connectivity index (χ3n) is 7.38. The largest absolute Gasteiger partial charge is 0.390 e. The standard InChI is InChI=1S/C24H24BrN5O3/c1-12-15-4-5-30(23(15)28-11-27-12)18-8-24(21(32)20(18)31)9-19(33-10-24)14-3-2-13-6-16(25)22(26)29-17(13)7-14/h2-7,11,18-21,31-32H,8-10H2,1H3,(H2,26,29)/t18-,19-,20+,21+,24-/m1/s1. The van der Waals surface area contributed by atoms with Gasteiger partial charge >= 0.3 is 0 Å². The first-order valence-corrected chi connectivity index (χ1v) is 11.8. The molecule has 2 fully saturated rings. The van der Waals surface area contributed by atoms with Crippen molar-refractivity contribution in [2.45, 2.75) is 44.1 Å². The van der Waals surface area contributed by atoms with Crippen molar-refractivity contribution in [3.05, 3.63) is 58.6 Å². The molecule has 33 heavy (non-hydrogen) atoms. The van der Waals surface area contributed by atoms with Gasteiger partial charge in [-0.05, 0) is 59.5 Å². The number of pyridine rings is 1. The van der Waals surface area contributed by atoms with Crippen LogP contribution in [0.2, 0.25) is 0 Å². The number of aromatic nitrogens is 4. The summed E-state index contributed by atoms with van der Waals surface area (Å²) < 4.78 is 8.94. The summed E-state index contributed by atoms with van der Waals surface area (Å²) in [5.41, 5.74) is 8.90. The van der Waals surface area contributed by atoms with Gasteiger partial charge in [-0.15, -0.1) is 0 Å². The maximum Gasteiger partial charge on any atom is 0.143 e. The van der Waals surface area contributed by atoms with E-state index in [1.807, 2.05) is 48.0 Å². The minimum absolute atomic E-state index is 0.187. The van der Waals surface area contributed by atoms with Crippen molar-refractivity contribution in [1.82, 2.24) is 19.5 Å². The number of aliphatic hydroxyl groups is 2. The fourth-order valence-electron chi connectivity index (χ4n) is 5.55. The SMILES string of the molecule is Cc1ncnc2c1ccn2[C@@H]1C[C@@]2(CO[C@@H](c3ccc4cc(Br)c(N)nc4c3)C2)[C@@H](O)[C@H]1O. The second-order valence-corrected chi connectivity index (χ2v) is 10.2. The topological polar surface area (TPSA) is 119 Å². The summed E-state index contributed by atoms with van der Waals surface area (Å²) in [5.74, 6) is 0.443. The maximum absolute atomic E-state index is 11.1. The van der Waals surface area contributed by atoms with Crippen LogP contribution in [0, 0.1) is 12.3 Å². The van der Waals surface area contributed by atoms with Crippen LogP contribution < -0.4 is 5.73 Å². The van der Waals surface area contributed by atoms with Gasteiger partial charge < -0.3 is 25.3 Å². The average Bonchev–Trinajstić information content (AvgIpc) is 3.48. The lowest BCUT2D eigenvalue weighted by Crippen LogP contribution is -2.37. The maximum atomic E-state index is 11.1. The number of hydrogen-bond donors (Lipinski definition) is 3. The van der Waals surface area contributed by atoms with Crippen LogP contribution in [0.1, 0.15) is 36.2 Å². The van der Waals surface area contributed by atoms with Crippen LogP contribution in [-0.2, 0) is 4.74 Å². The molecule has 3 aromatic heterocycles. The minimum atomic E-state index is -0.909. The number of halogens is 1. The first kappa shape index (κ1) is 21.0. The number of nitrogen functional groups attached to an aromatic ring is 1. The summed E-state index contributed by atoms with van der Waals surface area (Å²) in [6, 6.07) is 9.67. The van der Waals surface area contributed by atoms with Crippen molar-refractivity contribution in [1.29, 1.82) is 0 Å². The lowest BCUT2D eigenvalue weighted by Gasteiger charge is -2.26. The van der Waals surface area contributed by atoms with Gasteiger partial charge in [0.25, 0.3) is 0 Å². The van der Waals surface area contributed by atoms with Crippen LogP contribution in [0.5, 0.6) is 0 Å². The summed E-state index contributed by atoms with van der Waals surface area (Å²) in [6.45, 7) is 2.32. The molecule has 0 unspecified atom stereocenters. The number of aryl methyl sites for hydroxylation is 1. The number of anilines is 1. The number of nitrogens with zero attached hydrogens (tertiary/aromatic N) is 4. The monoisotopic (exact) mass is 509 g/mol. The fraction of sp³-hybridized carbons (Fsp3) is 0.375. The molecule has 4 heterocycles. The quantitative estimate of drug-likeness (QED) is 0.378. The highest BCUT2D eigenvalue weighted by atomic mass is 79.9. The van der Waals surface area contributed by atoms with Crippen molar-refractivity contribution < 1.29 is 14.9 Å². The van der Waals surface area contributed by atoms with Crippen molar-refractivity contribution in [3.63, 3.8) is 0 Å². The van der Waals surface area contributed by atoms with Crippen LogP contribution in [0.3, 0.4) is 0 Å². The zero-order chi connectivity index (χ0) is 22.9. The van der Waals surface area contributed by atoms with E-state index in [0.717, 1.165) is 37.7 Å². The Kier molecular flexibility index (Phi) is 4.74. The van der Waals surface area contributed by atoms with Crippen molar-refractivity contribution >= 4 is 43.7 Å². The number of aliphatic hydroxyl groups excluding tert-OH is 2. The van der Waals surface area contributed by atoms with Gasteiger partial charge in [0.15, 0.2) is 0 Å². The van der Waals surface area contributed by atoms with Gasteiger partial charge in [-0.3, -0.25) is 0 Å². The van der Waals surface area contributed by atoms with Crippen LogP contribution in [0.25, 0.3) is 21.9 Å². The molecule has 0 bridgehead atoms. The highest BCUT2D eigenvalue weighted by Crippen LogP contribution is 2.54. The highest BCUT2D eigenvalue weighted by molar-refractivity contribution is 9.10. The molecule has 4 N–H and O–H groups in total. The summed E-state index contributed by atoms with van der Waals surface area (Å²) in [5, 5.41) is 24.1. The van der Waals surface area contributed by atoms with Gasteiger partial charge in [-0.25, -0.2) is 15.0 Å². The lowest BCUT2D eigenvalue weighted by atomic mass is 9.80. The van der Waals surface area contributed by atoms with Gasteiger partial charge in [0.2, 0.25) is 0 Å². The van der Waals surface area contributed by atoms with E-state index in [4.69, 9.17) is 10.5 Å². The van der Waals surface area contributed by atoms with Crippen LogP contribution in [0.15, 0.2) is 47.3 Å². The predicted octanol–water partition coefficient (Wildman–Crippen LogP) is 3.45. The number of nitrogens with two attached hydrogens (primary N) is 1. The van der Waals surface area contributed by atoms with Gasteiger partial charge in [-0.2, -0.15) is 0 Å². The number of hydrogen-bond acceptors (Lipinski definition) is 7. The van der Waals surface area contributed by atoms with E-state index >= 15 is 0 Å². The Morgan fingerprint density at radius 1 is 1.18 bits per heavy atom. The molecule has 1 saturated heterocycles. The van der Waals surface area contributed by atoms with Gasteiger partial charge in [-0.1, -0.05) is 12.1 Å². The van der Waals surface area contributed by atoms with E-state index in [-0.39, 0.29) is 12.1 Å². The average molecular weight is 510 g/mol. The summed E-state index contributed by atoms with van der Waals surface area (Å²) in [4.78, 5) is 13.2. The third-order valence-corrected chi connectivity index (χ3v) is 8.02. The number of ether oxygens (including phenoxy) is 1. The molecule has 1 aliphatic carbocycles. The molecule has 1 saturated carbocycles. The van der Waals surface area contributed by atoms with E-state index in [1.165, 1.54) is 6.33 Å². The van der Waals surface area contributed by atoms with Gasteiger partial charge in [0.05, 0.1) is 40.5 Å². The molecule has 4 aromatic rings. The first-order chi connectivity index (χ1) is 15.9. The summed E-state index contributed by atoms with van der Waals surface area (Å²) in [6.07, 6.45) is 2.70. The molecule has 9 heteroatoms. The van der Waals surface area contributed by atoms with Gasteiger partial charge in [0, 0.05) is 22.4 Å². The number of rotatable bonds is 2. The molecule has 170 valence electrons. The molecule has 1 spiro atoms. The Bertz CT molecular complexity index is 1390. The molecule has 6 rings (SSSR count). The normalized spacial score (nSPS) is 29.6. The Hall–Kier alpha value is -2.59. The number of benzene rings is 1. The molecule has 0 amide bonds. The second kappa shape index (κ2) is 7.46. The van der Waals surface area contributed by atoms with E-state index in [1.54, 1.807) is 0 Å². The van der Waals surface area contributed by atoms with E-state index in [2.05, 4.69) is 30.9 Å². The zero-order valence-electron chi connectivity index (χ0n) is 18.0. The Morgan fingerprint density at radius 2 is 2.03 bits per heavy atom. The molecule has 1 aromatic carbocycles. The molecule has 2 aliphatic rings. The molecular formula is C24H24BrN5O3. The van der Waals surface area contributed by atoms with Gasteiger partial charge in [0.1, 0.15) is 23.9 Å². The van der Waals surface area contributed by atoms with E-state index in [0.29, 0.717) is 25.3 Å². The zero-order valence-corrected chi connectivity index (χ0v) is 19.6. The van der Waals surface area contributed by atoms with Crippen molar-refractivity contribution in [3.8, 4) is 0 Å². The lowest BCUT2D eigenvalue weighted by molar-refractivity contribution is -0.0309. The molecule has 5 atom stereocenters. The molecule has 1 aliphatic heterocycles. The number of fused-ring (bicyclic) bond motifs is 2. The van der Waals surface area contributed by atoms with Crippen LogP contribution in [-0.4, -0.2) is 48.5 Å². The molecular weight excluding hydrogens is 486 g/mol. The van der Waals surface area contributed by atoms with E-state index in [9.17, 15) is 10.2 Å². The molecule has 0 radical (unpaired) electrons. The fourth-order valence-corrected chi connectivity index (χ4v) is 5.88. The first-order valence-electron chi connectivity index (χ1n) is 11.0. The smallest absolute Gasteiger partial charge is 0.143 e. The summed E-state index contributed by atoms with van der Waals surface area (Å²) >= 11 is 3.42. The highest BCUT2D eigenvalue weighted by Gasteiger charge is 2.57. The summed E-state index contributed by atoms with van der Waals surface area (Å²) in [7, 11) is 0. The Morgan fingerprint density at radius 3 is 2.88 bits per heavy atom. The Balaban J connectivity index is 1.30. The van der Waals surface area contributed by atoms with Crippen LogP contribution >= 0.6 is 15.9 Å².